The summed E-state index contributed by atoms with van der Waals surface area (Å²) in [5.41, 5.74) is 0. The fourth-order valence-electron chi connectivity index (χ4n) is 0. The Bertz CT molecular complexity index is 146. The maximum atomic E-state index is 6.25. The molecule has 0 aromatic heterocycles. The van der Waals surface area contributed by atoms with Gasteiger partial charge in [-0.3, -0.25) is 0 Å². The molecule has 0 aliphatic rings. The van der Waals surface area contributed by atoms with E-state index in [4.69, 9.17) is 94.7 Å². The molecule has 86 valence electrons. The van der Waals surface area contributed by atoms with Gasteiger partial charge in [0.2, 0.25) is 0 Å². The van der Waals surface area contributed by atoms with Crippen LogP contribution in [0.3, 0.4) is 0 Å². The van der Waals surface area contributed by atoms with Crippen molar-refractivity contribution in [1.82, 2.24) is 0 Å². The maximum absolute atomic E-state index is 6.25. The van der Waals surface area contributed by atoms with Crippen LogP contribution in [0.5, 0.6) is 0 Å². The molecule has 0 atom stereocenters. The molecule has 0 spiro atoms. The van der Waals surface area contributed by atoms with Crippen LogP contribution >= 0.6 is 0 Å². The van der Waals surface area contributed by atoms with E-state index < -0.39 is 0 Å². The Morgan fingerprint density at radius 2 is 0.238 bits per heavy atom. The first-order valence-corrected chi connectivity index (χ1v) is 1.79. The summed E-state index contributed by atoms with van der Waals surface area (Å²) in [6.45, 7) is 38.0. The van der Waals surface area contributed by atoms with Crippen molar-refractivity contribution in [3.05, 3.63) is 52.6 Å². The SMILES string of the molecule is [C-]#N.[C-]#N.[C-]#N.[C-]#N.[C-]#N.[C-]#N.[C-]#N.[C-]#N.[K+].[K+].[K+].[K+].[W]. The van der Waals surface area contributed by atoms with E-state index in [9.17, 15) is 0 Å². The first-order valence-electron chi connectivity index (χ1n) is 1.79. The largest absolute Gasteiger partial charge is 1.00 e. The van der Waals surface area contributed by atoms with E-state index in [1.165, 1.54) is 0 Å². The molecule has 0 amide bonds. The minimum atomic E-state index is 0. The minimum Gasteiger partial charge on any atom is -0.512 e. The van der Waals surface area contributed by atoms with Gasteiger partial charge in [0.1, 0.15) is 0 Å². The Morgan fingerprint density at radius 1 is 0.238 bits per heavy atom. The third-order valence-corrected chi connectivity index (χ3v) is 0. The molecule has 8 nitrogen and oxygen atoms in total. The van der Waals surface area contributed by atoms with E-state index in [2.05, 4.69) is 0 Å². The summed E-state index contributed by atoms with van der Waals surface area (Å²) in [4.78, 5) is 0. The van der Waals surface area contributed by atoms with Crippen molar-refractivity contribution in [1.29, 1.82) is 42.1 Å². The number of rotatable bonds is 0. The van der Waals surface area contributed by atoms with E-state index >= 15 is 0 Å². The van der Waals surface area contributed by atoms with Gasteiger partial charge >= 0.3 is 206 Å². The zero-order valence-electron chi connectivity index (χ0n) is 12.0. The van der Waals surface area contributed by atoms with Gasteiger partial charge in [0, 0.05) is 21.1 Å². The number of nitrogens with zero attached hydrogens (tertiary/aromatic N) is 8. The second kappa shape index (κ2) is 1140. The molecule has 0 unspecified atom stereocenters. The molecule has 0 aliphatic carbocycles. The van der Waals surface area contributed by atoms with Gasteiger partial charge in [0.25, 0.3) is 0 Å². The van der Waals surface area contributed by atoms with Gasteiger partial charge in [-0.2, -0.15) is 0 Å². The van der Waals surface area contributed by atoms with Gasteiger partial charge in [-0.25, -0.2) is 0 Å². The Balaban J connectivity index is -0.00000000306. The van der Waals surface area contributed by atoms with Crippen LogP contribution in [-0.4, -0.2) is 0 Å². The van der Waals surface area contributed by atoms with Crippen LogP contribution in [-0.2, 0) is 21.1 Å². The van der Waals surface area contributed by atoms with Crippen molar-refractivity contribution in [2.24, 2.45) is 0 Å². The van der Waals surface area contributed by atoms with Crippen molar-refractivity contribution in [2.75, 3.05) is 0 Å². The third-order valence-electron chi connectivity index (χ3n) is 0. The van der Waals surface area contributed by atoms with Gasteiger partial charge in [-0.1, -0.05) is 0 Å². The van der Waals surface area contributed by atoms with Crippen molar-refractivity contribution >= 4 is 0 Å². The predicted octanol–water partition coefficient (Wildman–Crippen LogP) is -11.2. The molecule has 0 heterocycles. The normalized spacial score (nSPS) is 0.762. The van der Waals surface area contributed by atoms with Gasteiger partial charge in [0.05, 0.1) is 0 Å². The first-order chi connectivity index (χ1) is 8.00. The molecule has 0 fully saturated rings. The second-order valence-corrected chi connectivity index (χ2v) is 0. The zero-order chi connectivity index (χ0) is 16.0. The second-order valence-electron chi connectivity index (χ2n) is 0. The molecule has 0 radical (unpaired) electrons. The molecule has 0 bridgehead atoms. The smallest absolute Gasteiger partial charge is 0.512 e. The Hall–Kier alpha value is 3.15. The molecule has 0 saturated heterocycles. The number of hydrogen-bond acceptors (Lipinski definition) is 8. The van der Waals surface area contributed by atoms with Crippen LogP contribution < -0.4 is 206 Å². The average Bonchev–Trinajstić information content (AvgIpc) is 2.54. The summed E-state index contributed by atoms with van der Waals surface area (Å²) >= 11 is 0. The molecular weight excluding hydrogens is 548 g/mol. The Labute approximate surface area is 312 Å². The summed E-state index contributed by atoms with van der Waals surface area (Å²) < 4.78 is 0. The average molecular weight is 548 g/mol. The third kappa shape index (κ3) is 1040. The molecule has 0 aromatic rings. The first kappa shape index (κ1) is 104. The van der Waals surface area contributed by atoms with Crippen LogP contribution in [0.4, 0.5) is 0 Å². The van der Waals surface area contributed by atoms with Gasteiger partial charge < -0.3 is 94.7 Å². The van der Waals surface area contributed by atoms with E-state index in [1.54, 1.807) is 0 Å². The minimum absolute atomic E-state index is 0. The molecule has 0 aromatic carbocycles. The molecule has 13 heteroatoms. The standard InChI is InChI=1S/8CN.4K.W/c8*1-2;;;;;/q8*-1;4*+1;. The predicted molar refractivity (Wildman–Crippen MR) is 39.7 cm³/mol. The van der Waals surface area contributed by atoms with Crippen molar-refractivity contribution < 1.29 is 227 Å². The van der Waals surface area contributed by atoms with Crippen LogP contribution in [0.25, 0.3) is 0 Å². The number of hydrogen-bond donors (Lipinski definition) is 0. The topological polar surface area (TPSA) is 190 Å². The summed E-state index contributed by atoms with van der Waals surface area (Å²) in [5, 5.41) is 50.0. The zero-order valence-corrected chi connectivity index (χ0v) is 27.4. The van der Waals surface area contributed by atoms with E-state index in [0.717, 1.165) is 0 Å². The van der Waals surface area contributed by atoms with Crippen LogP contribution in [0.2, 0.25) is 0 Å². The quantitative estimate of drug-likeness (QED) is 0.211. The summed E-state index contributed by atoms with van der Waals surface area (Å²) in [7, 11) is 0. The molecule has 21 heavy (non-hydrogen) atoms. The van der Waals surface area contributed by atoms with Crippen molar-refractivity contribution in [3.63, 3.8) is 0 Å². The van der Waals surface area contributed by atoms with Crippen LogP contribution in [0, 0.1) is 94.7 Å². The fraction of sp³-hybridized carbons (Fsp3) is 0. The van der Waals surface area contributed by atoms with Crippen molar-refractivity contribution in [2.45, 2.75) is 0 Å². The molecule has 0 aliphatic heterocycles. The van der Waals surface area contributed by atoms with E-state index in [-0.39, 0.29) is 227 Å². The molecule has 0 N–H and O–H groups in total. The Morgan fingerprint density at radius 3 is 0.238 bits per heavy atom. The molecule has 0 saturated carbocycles. The van der Waals surface area contributed by atoms with Crippen molar-refractivity contribution in [3.8, 4) is 0 Å². The van der Waals surface area contributed by atoms with Crippen LogP contribution in [0.1, 0.15) is 0 Å². The van der Waals surface area contributed by atoms with Gasteiger partial charge in [-0.15, -0.1) is 0 Å². The van der Waals surface area contributed by atoms with E-state index in [0.29, 0.717) is 0 Å². The Kier molecular flexibility index (Phi) is 5660. The fourth-order valence-corrected chi connectivity index (χ4v) is 0. The summed E-state index contributed by atoms with van der Waals surface area (Å²) in [6.07, 6.45) is 0. The molecular formula is C8K4N8W-4. The summed E-state index contributed by atoms with van der Waals surface area (Å²) in [5.74, 6) is 0. The monoisotopic (exact) mass is 548 g/mol. The van der Waals surface area contributed by atoms with Crippen LogP contribution in [0.15, 0.2) is 0 Å². The van der Waals surface area contributed by atoms with E-state index in [1.807, 2.05) is 0 Å². The maximum Gasteiger partial charge on any atom is 1.00 e. The van der Waals surface area contributed by atoms with Gasteiger partial charge in [0.15, 0.2) is 0 Å². The van der Waals surface area contributed by atoms with Gasteiger partial charge in [-0.05, 0) is 0 Å². The molecule has 0 rings (SSSR count). The summed E-state index contributed by atoms with van der Waals surface area (Å²) in [6, 6.07) is 0.